The molecule has 2 heterocycles. The Hall–Kier alpha value is -3.43. The lowest BCUT2D eigenvalue weighted by molar-refractivity contribution is -0.144. The van der Waals surface area contributed by atoms with Gasteiger partial charge in [0.25, 0.3) is 5.91 Å². The van der Waals surface area contributed by atoms with Crippen LogP contribution < -0.4 is 0 Å². The topological polar surface area (TPSA) is 77.3 Å². The fourth-order valence-electron chi connectivity index (χ4n) is 3.41. The van der Waals surface area contributed by atoms with Gasteiger partial charge < -0.3 is 9.64 Å². The van der Waals surface area contributed by atoms with Crippen LogP contribution in [0.15, 0.2) is 36.5 Å². The van der Waals surface area contributed by atoms with Gasteiger partial charge in [-0.15, -0.1) is 0 Å². The summed E-state index contributed by atoms with van der Waals surface area (Å²) in [4.78, 5) is 31.3. The molecule has 7 nitrogen and oxygen atoms in total. The number of nitrogens with zero attached hydrogens (tertiary/aromatic N) is 4. The van der Waals surface area contributed by atoms with Crippen LogP contribution in [0.25, 0.3) is 11.0 Å². The van der Waals surface area contributed by atoms with Crippen LogP contribution in [0.1, 0.15) is 54.0 Å². The van der Waals surface area contributed by atoms with Gasteiger partial charge in [-0.2, -0.15) is 18.3 Å². The lowest BCUT2D eigenvalue weighted by atomic mass is 10.1. The number of hydrogen-bond acceptors (Lipinski definition) is 5. The highest BCUT2D eigenvalue weighted by Gasteiger charge is 2.30. The third-order valence-corrected chi connectivity index (χ3v) is 5.05. The second-order valence-electron chi connectivity index (χ2n) is 7.88. The quantitative estimate of drug-likeness (QED) is 0.482. The van der Waals surface area contributed by atoms with Crippen LogP contribution >= 0.6 is 0 Å². The van der Waals surface area contributed by atoms with Gasteiger partial charge in [0, 0.05) is 18.0 Å². The number of benzene rings is 1. The highest BCUT2D eigenvalue weighted by molar-refractivity contribution is 5.99. The average Bonchev–Trinajstić information content (AvgIpc) is 3.15. The van der Waals surface area contributed by atoms with Crippen molar-refractivity contribution in [1.82, 2.24) is 19.7 Å². The largest absolute Gasteiger partial charge is 0.465 e. The number of rotatable bonds is 7. The minimum absolute atomic E-state index is 0.0709. The van der Waals surface area contributed by atoms with Crippen molar-refractivity contribution in [2.45, 2.75) is 46.5 Å². The SMILES string of the molecule is CCOC(=O)CN(Cc1ccc(C(F)(F)F)cc1)C(=O)c1cc2cnn(C(C)C)c2nc1C. The van der Waals surface area contributed by atoms with E-state index in [-0.39, 0.29) is 31.3 Å². The number of esters is 1. The molecule has 2 aromatic heterocycles. The Kier molecular flexibility index (Phi) is 7.04. The van der Waals surface area contributed by atoms with E-state index < -0.39 is 23.6 Å². The molecule has 0 spiro atoms. The van der Waals surface area contributed by atoms with Crippen molar-refractivity contribution in [3.63, 3.8) is 0 Å². The standard InChI is InChI=1S/C23H25F3N4O3/c1-5-33-20(31)13-29(12-16-6-8-18(9-7-16)23(24,25)26)22(32)19-10-17-11-27-30(14(2)3)21(17)28-15(19)4/h6-11,14H,5,12-13H2,1-4H3. The van der Waals surface area contributed by atoms with Gasteiger partial charge in [-0.25, -0.2) is 9.67 Å². The first-order valence-corrected chi connectivity index (χ1v) is 10.5. The van der Waals surface area contributed by atoms with Crippen molar-refractivity contribution in [2.24, 2.45) is 0 Å². The lowest BCUT2D eigenvalue weighted by Crippen LogP contribution is -2.36. The number of fused-ring (bicyclic) bond motifs is 1. The molecule has 0 N–H and O–H groups in total. The van der Waals surface area contributed by atoms with E-state index in [1.54, 1.807) is 30.8 Å². The van der Waals surface area contributed by atoms with Crippen LogP contribution in [0.5, 0.6) is 0 Å². The van der Waals surface area contributed by atoms with Crippen LogP contribution in [0, 0.1) is 6.92 Å². The minimum Gasteiger partial charge on any atom is -0.465 e. The molecular weight excluding hydrogens is 437 g/mol. The predicted molar refractivity (Wildman–Crippen MR) is 115 cm³/mol. The lowest BCUT2D eigenvalue weighted by Gasteiger charge is -2.23. The van der Waals surface area contributed by atoms with Gasteiger partial charge in [0.1, 0.15) is 6.54 Å². The molecule has 0 atom stereocenters. The number of carbonyl (C=O) groups is 2. The van der Waals surface area contributed by atoms with Gasteiger partial charge >= 0.3 is 12.1 Å². The molecule has 3 aromatic rings. The van der Waals surface area contributed by atoms with Gasteiger partial charge in [-0.05, 0) is 51.5 Å². The predicted octanol–water partition coefficient (Wildman–Crippen LogP) is 4.54. The zero-order valence-corrected chi connectivity index (χ0v) is 18.8. The highest BCUT2D eigenvalue weighted by Crippen LogP contribution is 2.29. The van der Waals surface area contributed by atoms with Crippen molar-refractivity contribution in [2.75, 3.05) is 13.2 Å². The highest BCUT2D eigenvalue weighted by atomic mass is 19.4. The van der Waals surface area contributed by atoms with Gasteiger partial charge in [-0.1, -0.05) is 12.1 Å². The van der Waals surface area contributed by atoms with Gasteiger partial charge in [-0.3, -0.25) is 9.59 Å². The monoisotopic (exact) mass is 462 g/mol. The first kappa shape index (κ1) is 24.2. The fourth-order valence-corrected chi connectivity index (χ4v) is 3.41. The van der Waals surface area contributed by atoms with Gasteiger partial charge in [0.15, 0.2) is 5.65 Å². The minimum atomic E-state index is -4.46. The molecular formula is C23H25F3N4O3. The van der Waals surface area contributed by atoms with E-state index in [0.717, 1.165) is 12.1 Å². The summed E-state index contributed by atoms with van der Waals surface area (Å²) in [7, 11) is 0. The molecule has 0 radical (unpaired) electrons. The number of aryl methyl sites for hydroxylation is 1. The molecule has 0 aliphatic carbocycles. The van der Waals surface area contributed by atoms with E-state index in [0.29, 0.717) is 22.3 Å². The summed E-state index contributed by atoms with van der Waals surface area (Å²) in [5.41, 5.74) is 1.03. The molecule has 0 fully saturated rings. The maximum Gasteiger partial charge on any atom is 0.416 e. The summed E-state index contributed by atoms with van der Waals surface area (Å²) < 4.78 is 45.3. The Balaban J connectivity index is 1.94. The number of carbonyl (C=O) groups excluding carboxylic acids is 2. The summed E-state index contributed by atoms with van der Waals surface area (Å²) in [5.74, 6) is -1.09. The zero-order chi connectivity index (χ0) is 24.3. The number of pyridine rings is 1. The summed E-state index contributed by atoms with van der Waals surface area (Å²) >= 11 is 0. The van der Waals surface area contributed by atoms with Crippen LogP contribution in [0.2, 0.25) is 0 Å². The molecule has 176 valence electrons. The van der Waals surface area contributed by atoms with Crippen LogP contribution in [0.3, 0.4) is 0 Å². The Morgan fingerprint density at radius 1 is 1.18 bits per heavy atom. The molecule has 0 aliphatic heterocycles. The molecule has 10 heteroatoms. The third-order valence-electron chi connectivity index (χ3n) is 5.05. The maximum absolute atomic E-state index is 13.4. The Morgan fingerprint density at radius 3 is 2.42 bits per heavy atom. The normalized spacial score (nSPS) is 11.8. The van der Waals surface area contributed by atoms with Crippen molar-refractivity contribution in [1.29, 1.82) is 0 Å². The number of aromatic nitrogens is 3. The number of halogens is 3. The number of ether oxygens (including phenoxy) is 1. The van der Waals surface area contributed by atoms with Crippen LogP contribution in [0.4, 0.5) is 13.2 Å². The number of alkyl halides is 3. The van der Waals surface area contributed by atoms with Gasteiger partial charge in [0.05, 0.1) is 29.6 Å². The Morgan fingerprint density at radius 2 is 1.85 bits per heavy atom. The van der Waals surface area contributed by atoms with E-state index in [1.807, 2.05) is 13.8 Å². The zero-order valence-electron chi connectivity index (χ0n) is 18.8. The second kappa shape index (κ2) is 9.60. The summed E-state index contributed by atoms with van der Waals surface area (Å²) in [6.07, 6.45) is -2.85. The maximum atomic E-state index is 13.4. The van der Waals surface area contributed by atoms with E-state index in [9.17, 15) is 22.8 Å². The average molecular weight is 462 g/mol. The summed E-state index contributed by atoms with van der Waals surface area (Å²) in [6, 6.07) is 6.21. The van der Waals surface area contributed by atoms with Crippen molar-refractivity contribution < 1.29 is 27.5 Å². The van der Waals surface area contributed by atoms with Crippen molar-refractivity contribution in [3.05, 3.63) is 58.9 Å². The fraction of sp³-hybridized carbons (Fsp3) is 0.391. The molecule has 0 saturated carbocycles. The van der Waals surface area contributed by atoms with E-state index >= 15 is 0 Å². The summed E-state index contributed by atoms with van der Waals surface area (Å²) in [6.45, 7) is 6.98. The second-order valence-corrected chi connectivity index (χ2v) is 7.88. The molecule has 0 bridgehead atoms. The molecule has 1 aromatic carbocycles. The third kappa shape index (κ3) is 5.50. The summed E-state index contributed by atoms with van der Waals surface area (Å²) in [5, 5.41) is 4.98. The molecule has 33 heavy (non-hydrogen) atoms. The van der Waals surface area contributed by atoms with Gasteiger partial charge in [0.2, 0.25) is 0 Å². The van der Waals surface area contributed by atoms with E-state index in [1.165, 1.54) is 17.0 Å². The number of amides is 1. The molecule has 0 saturated heterocycles. The molecule has 0 unspecified atom stereocenters. The number of hydrogen-bond donors (Lipinski definition) is 0. The first-order valence-electron chi connectivity index (χ1n) is 10.5. The van der Waals surface area contributed by atoms with Crippen LogP contribution in [-0.4, -0.2) is 44.7 Å². The van der Waals surface area contributed by atoms with E-state index in [2.05, 4.69) is 10.1 Å². The Bertz CT molecular complexity index is 1150. The molecule has 1 amide bonds. The van der Waals surface area contributed by atoms with Crippen molar-refractivity contribution >= 4 is 22.9 Å². The smallest absolute Gasteiger partial charge is 0.416 e. The van der Waals surface area contributed by atoms with E-state index in [4.69, 9.17) is 4.74 Å². The Labute approximate surface area is 189 Å². The molecule has 0 aliphatic rings. The van der Waals surface area contributed by atoms with Crippen molar-refractivity contribution in [3.8, 4) is 0 Å². The first-order chi connectivity index (χ1) is 15.5. The molecule has 3 rings (SSSR count). The van der Waals surface area contributed by atoms with Crippen LogP contribution in [-0.2, 0) is 22.3 Å².